The number of nitrogens with one attached hydrogen (secondary N) is 1. The van der Waals surface area contributed by atoms with Crippen LogP contribution in [0.15, 0.2) is 94.0 Å². The predicted molar refractivity (Wildman–Crippen MR) is 111 cm³/mol. The summed E-state index contributed by atoms with van der Waals surface area (Å²) in [7, 11) is 2.05. The van der Waals surface area contributed by atoms with E-state index in [-0.39, 0.29) is 6.10 Å². The van der Waals surface area contributed by atoms with Gasteiger partial charge in [0.1, 0.15) is 11.9 Å². The molecule has 2 unspecified atom stereocenters. The van der Waals surface area contributed by atoms with Gasteiger partial charge in [0.25, 0.3) is 0 Å². The van der Waals surface area contributed by atoms with E-state index >= 15 is 0 Å². The predicted octanol–water partition coefficient (Wildman–Crippen LogP) is 5.57. The normalized spacial score (nSPS) is 29.0. The Morgan fingerprint density at radius 1 is 0.889 bits per heavy atom. The fourth-order valence-corrected chi connectivity index (χ4v) is 4.93. The molecule has 1 N–H and O–H groups in total. The van der Waals surface area contributed by atoms with Crippen molar-refractivity contribution in [1.29, 1.82) is 0 Å². The molecule has 5 rings (SSSR count). The number of likely N-dealkylation sites (N-methyl/N-ethyl adjacent to an activating group) is 1. The molecule has 2 heteroatoms. The Bertz CT molecular complexity index is 901. The minimum absolute atomic E-state index is 0.210. The van der Waals surface area contributed by atoms with Crippen molar-refractivity contribution in [2.75, 3.05) is 7.05 Å². The highest BCUT2D eigenvalue weighted by Crippen LogP contribution is 2.44. The van der Waals surface area contributed by atoms with E-state index in [4.69, 9.17) is 4.74 Å². The van der Waals surface area contributed by atoms with E-state index in [1.165, 1.54) is 45.7 Å². The number of allylic oxidation sites excluding steroid dienone is 12. The smallest absolute Gasteiger partial charge is 0.127 e. The van der Waals surface area contributed by atoms with Crippen molar-refractivity contribution in [1.82, 2.24) is 5.32 Å². The molecule has 1 aliphatic heterocycles. The van der Waals surface area contributed by atoms with Gasteiger partial charge in [-0.2, -0.15) is 0 Å². The Hall–Kier alpha value is -2.48. The van der Waals surface area contributed by atoms with Gasteiger partial charge in [-0.3, -0.25) is 0 Å². The van der Waals surface area contributed by atoms with E-state index in [9.17, 15) is 0 Å². The molecule has 0 aromatic heterocycles. The maximum atomic E-state index is 6.19. The largest absolute Gasteiger partial charge is 0.489 e. The van der Waals surface area contributed by atoms with Crippen LogP contribution in [-0.4, -0.2) is 13.2 Å². The van der Waals surface area contributed by atoms with Crippen molar-refractivity contribution in [2.24, 2.45) is 5.92 Å². The highest BCUT2D eigenvalue weighted by Gasteiger charge is 2.35. The van der Waals surface area contributed by atoms with Gasteiger partial charge in [-0.15, -0.1) is 0 Å². The number of fused-ring (bicyclic) bond motifs is 2. The third-order valence-electron chi connectivity index (χ3n) is 6.37. The molecule has 0 aromatic rings. The third-order valence-corrected chi connectivity index (χ3v) is 6.37. The van der Waals surface area contributed by atoms with E-state index in [0.717, 1.165) is 32.1 Å². The maximum Gasteiger partial charge on any atom is 0.127 e. The van der Waals surface area contributed by atoms with E-state index in [0.29, 0.717) is 5.92 Å². The molecule has 0 amide bonds. The number of rotatable bonds is 3. The number of hydrogen-bond donors (Lipinski definition) is 1. The van der Waals surface area contributed by atoms with Crippen LogP contribution >= 0.6 is 0 Å². The van der Waals surface area contributed by atoms with E-state index in [1.807, 2.05) is 0 Å². The van der Waals surface area contributed by atoms with Gasteiger partial charge in [0.15, 0.2) is 0 Å². The van der Waals surface area contributed by atoms with Crippen molar-refractivity contribution < 1.29 is 4.74 Å². The minimum Gasteiger partial charge on any atom is -0.489 e. The zero-order chi connectivity index (χ0) is 18.2. The van der Waals surface area contributed by atoms with Crippen LogP contribution in [0.5, 0.6) is 0 Å². The molecular weight excluding hydrogens is 330 g/mol. The van der Waals surface area contributed by atoms with Gasteiger partial charge in [0.05, 0.1) is 0 Å². The summed E-state index contributed by atoms with van der Waals surface area (Å²) in [5.74, 6) is 1.61. The molecule has 4 aliphatic carbocycles. The average Bonchev–Trinajstić information content (AvgIpc) is 3.12. The van der Waals surface area contributed by atoms with Crippen LogP contribution in [0, 0.1) is 5.92 Å². The monoisotopic (exact) mass is 357 g/mol. The highest BCUT2D eigenvalue weighted by atomic mass is 16.5. The van der Waals surface area contributed by atoms with Gasteiger partial charge in [-0.25, -0.2) is 0 Å². The zero-order valence-electron chi connectivity index (χ0n) is 16.0. The first-order chi connectivity index (χ1) is 13.3. The summed E-state index contributed by atoms with van der Waals surface area (Å²) in [5, 5.41) is 3.47. The second-order valence-electron chi connectivity index (χ2n) is 7.90. The van der Waals surface area contributed by atoms with Gasteiger partial charge < -0.3 is 10.1 Å². The molecule has 0 bridgehead atoms. The molecule has 0 saturated carbocycles. The van der Waals surface area contributed by atoms with Gasteiger partial charge >= 0.3 is 0 Å². The Kier molecular flexibility index (Phi) is 4.27. The summed E-state index contributed by atoms with van der Waals surface area (Å²) in [5.41, 5.74) is 8.73. The second kappa shape index (κ2) is 6.92. The molecule has 2 nitrogen and oxygen atoms in total. The Balaban J connectivity index is 1.45. The summed E-state index contributed by atoms with van der Waals surface area (Å²) >= 11 is 0. The van der Waals surface area contributed by atoms with Gasteiger partial charge in [-0.1, -0.05) is 42.5 Å². The summed E-state index contributed by atoms with van der Waals surface area (Å²) in [6.07, 6.45) is 27.3. The van der Waals surface area contributed by atoms with Crippen molar-refractivity contribution >= 4 is 0 Å². The maximum absolute atomic E-state index is 6.19. The summed E-state index contributed by atoms with van der Waals surface area (Å²) in [6.45, 7) is 0. The molecule has 27 heavy (non-hydrogen) atoms. The Labute approximate surface area is 162 Å². The Morgan fingerprint density at radius 3 is 2.59 bits per heavy atom. The lowest BCUT2D eigenvalue weighted by molar-refractivity contribution is 0.157. The van der Waals surface area contributed by atoms with Crippen LogP contribution in [0.25, 0.3) is 0 Å². The molecule has 138 valence electrons. The molecule has 0 radical (unpaired) electrons. The van der Waals surface area contributed by atoms with Crippen LogP contribution in [0.3, 0.4) is 0 Å². The lowest BCUT2D eigenvalue weighted by atomic mass is 9.80. The van der Waals surface area contributed by atoms with Crippen LogP contribution in [0.1, 0.15) is 38.5 Å². The van der Waals surface area contributed by atoms with Gasteiger partial charge in [0, 0.05) is 30.7 Å². The number of ether oxygens (including phenoxy) is 1. The van der Waals surface area contributed by atoms with Crippen molar-refractivity contribution in [3.63, 3.8) is 0 Å². The molecule has 0 spiro atoms. The van der Waals surface area contributed by atoms with Crippen LogP contribution in [-0.2, 0) is 4.74 Å². The van der Waals surface area contributed by atoms with Gasteiger partial charge in [-0.05, 0) is 66.5 Å². The van der Waals surface area contributed by atoms with Crippen LogP contribution < -0.4 is 5.32 Å². The first-order valence-corrected chi connectivity index (χ1v) is 10.3. The summed E-state index contributed by atoms with van der Waals surface area (Å²) in [6, 6.07) is 0. The zero-order valence-corrected chi connectivity index (χ0v) is 16.0. The first-order valence-electron chi connectivity index (χ1n) is 10.3. The van der Waals surface area contributed by atoms with E-state index in [1.54, 1.807) is 0 Å². The van der Waals surface area contributed by atoms with Crippen molar-refractivity contribution in [3.8, 4) is 0 Å². The fraction of sp³-hybridized carbons (Fsp3) is 0.360. The molecule has 0 fully saturated rings. The molecule has 1 heterocycles. The Morgan fingerprint density at radius 2 is 1.74 bits per heavy atom. The van der Waals surface area contributed by atoms with E-state index in [2.05, 4.69) is 67.0 Å². The topological polar surface area (TPSA) is 21.3 Å². The SMILES string of the molecule is CNC1=C(C2=CC=CCC2)CCC(C2=CC3=C(CC2)OC2C=CC=CC32)=C1. The fourth-order valence-electron chi connectivity index (χ4n) is 4.93. The molecule has 5 aliphatic rings. The van der Waals surface area contributed by atoms with Gasteiger partial charge in [0.2, 0.25) is 0 Å². The summed E-state index contributed by atoms with van der Waals surface area (Å²) in [4.78, 5) is 0. The quantitative estimate of drug-likeness (QED) is 0.713. The average molecular weight is 357 g/mol. The molecule has 2 atom stereocenters. The van der Waals surface area contributed by atoms with E-state index < -0.39 is 0 Å². The molecule has 0 saturated heterocycles. The molecule has 0 aromatic carbocycles. The first kappa shape index (κ1) is 16.7. The van der Waals surface area contributed by atoms with Crippen molar-refractivity contribution in [2.45, 2.75) is 44.6 Å². The third kappa shape index (κ3) is 2.97. The lowest BCUT2D eigenvalue weighted by Gasteiger charge is -2.26. The van der Waals surface area contributed by atoms with Crippen molar-refractivity contribution in [3.05, 3.63) is 94.0 Å². The minimum atomic E-state index is 0.210. The van der Waals surface area contributed by atoms with Crippen LogP contribution in [0.2, 0.25) is 0 Å². The lowest BCUT2D eigenvalue weighted by Crippen LogP contribution is -2.16. The second-order valence-corrected chi connectivity index (χ2v) is 7.90. The highest BCUT2D eigenvalue weighted by molar-refractivity contribution is 5.53. The number of hydrogen-bond acceptors (Lipinski definition) is 2. The van der Waals surface area contributed by atoms with Crippen LogP contribution in [0.4, 0.5) is 0 Å². The molecular formula is C25H27NO. The summed E-state index contributed by atoms with van der Waals surface area (Å²) < 4.78 is 6.19. The standard InChI is InChI=1S/C25H27NO/c1-26-23-16-19(11-13-20(23)17-7-3-2-4-8-17)18-12-14-25-22(15-18)21-9-5-6-10-24(21)27-25/h2-3,5-7,9-10,15-16,21,24,26H,4,8,11-14H2,1H3.